The van der Waals surface area contributed by atoms with Crippen molar-refractivity contribution in [1.82, 2.24) is 0 Å². The van der Waals surface area contributed by atoms with Crippen LogP contribution in [0, 0.1) is 0 Å². The van der Waals surface area contributed by atoms with E-state index in [1.807, 2.05) is 11.8 Å². The van der Waals surface area contributed by atoms with Gasteiger partial charge in [0.25, 0.3) is 0 Å². The molecule has 1 aliphatic rings. The molecule has 1 aliphatic carbocycles. The summed E-state index contributed by atoms with van der Waals surface area (Å²) in [6, 6.07) is 28.6. The zero-order valence-corrected chi connectivity index (χ0v) is 13.2. The van der Waals surface area contributed by atoms with Gasteiger partial charge in [0, 0.05) is 15.7 Å². The van der Waals surface area contributed by atoms with Gasteiger partial charge >= 0.3 is 0 Å². The van der Waals surface area contributed by atoms with Gasteiger partial charge in [0.1, 0.15) is 0 Å². The second-order valence-electron chi connectivity index (χ2n) is 5.77. The number of hydrogen-bond donors (Lipinski definition) is 0. The van der Waals surface area contributed by atoms with Crippen LogP contribution >= 0.6 is 11.8 Å². The molecule has 0 amide bonds. The number of rotatable bonds is 3. The van der Waals surface area contributed by atoms with Crippen LogP contribution in [-0.4, -0.2) is 0 Å². The Balaban J connectivity index is 1.56. The largest absolute Gasteiger partial charge is 0.0901 e. The van der Waals surface area contributed by atoms with E-state index in [-0.39, 0.29) is 0 Å². The maximum atomic E-state index is 2.30. The molecule has 0 N–H and O–H groups in total. The van der Waals surface area contributed by atoms with Crippen LogP contribution < -0.4 is 0 Å². The fourth-order valence-corrected chi connectivity index (χ4v) is 4.13. The Hall–Kier alpha value is -1.99. The summed E-state index contributed by atoms with van der Waals surface area (Å²) in [7, 11) is 0. The SMILES string of the molecule is c1ccc(Sc2ccc(C3CCc4ccccc43)cc2)cc1. The highest BCUT2D eigenvalue weighted by molar-refractivity contribution is 7.99. The van der Waals surface area contributed by atoms with E-state index in [4.69, 9.17) is 0 Å². The van der Waals surface area contributed by atoms with Gasteiger partial charge in [-0.1, -0.05) is 66.4 Å². The molecule has 0 fully saturated rings. The molecule has 0 radical (unpaired) electrons. The molecule has 0 nitrogen and oxygen atoms in total. The van der Waals surface area contributed by atoms with Gasteiger partial charge in [-0.15, -0.1) is 0 Å². The molecule has 0 spiro atoms. The maximum Gasteiger partial charge on any atom is 0.0122 e. The first-order valence-corrected chi connectivity index (χ1v) is 8.62. The topological polar surface area (TPSA) is 0 Å². The lowest BCUT2D eigenvalue weighted by Gasteiger charge is -2.12. The van der Waals surface area contributed by atoms with Gasteiger partial charge in [-0.3, -0.25) is 0 Å². The summed E-state index contributed by atoms with van der Waals surface area (Å²) < 4.78 is 0. The first kappa shape index (κ1) is 13.7. The van der Waals surface area contributed by atoms with E-state index in [1.54, 1.807) is 0 Å². The van der Waals surface area contributed by atoms with Crippen molar-refractivity contribution in [1.29, 1.82) is 0 Å². The van der Waals surface area contributed by atoms with Crippen LogP contribution in [0.1, 0.15) is 29.0 Å². The molecule has 108 valence electrons. The van der Waals surface area contributed by atoms with Gasteiger partial charge < -0.3 is 0 Å². The average Bonchev–Trinajstić information content (AvgIpc) is 3.01. The fraction of sp³-hybridized carbons (Fsp3) is 0.143. The Bertz CT molecular complexity index is 759. The standard InChI is InChI=1S/C21H18S/c1-2-7-18(8-3-1)22-19-13-10-17(11-14-19)21-15-12-16-6-4-5-9-20(16)21/h1-11,13-14,21H,12,15H2. The molecule has 1 heteroatoms. The third-order valence-electron chi connectivity index (χ3n) is 4.39. The third-order valence-corrected chi connectivity index (χ3v) is 5.41. The highest BCUT2D eigenvalue weighted by atomic mass is 32.2. The summed E-state index contributed by atoms with van der Waals surface area (Å²) in [5.74, 6) is 0.576. The van der Waals surface area contributed by atoms with Gasteiger partial charge in [0.05, 0.1) is 0 Å². The lowest BCUT2D eigenvalue weighted by atomic mass is 9.93. The Kier molecular flexibility index (Phi) is 3.74. The van der Waals surface area contributed by atoms with Crippen molar-refractivity contribution in [3.63, 3.8) is 0 Å². The molecule has 0 saturated carbocycles. The predicted molar refractivity (Wildman–Crippen MR) is 93.6 cm³/mol. The minimum absolute atomic E-state index is 0.576. The van der Waals surface area contributed by atoms with Gasteiger partial charge in [0.2, 0.25) is 0 Å². The third kappa shape index (κ3) is 2.69. The zero-order valence-electron chi connectivity index (χ0n) is 12.4. The van der Waals surface area contributed by atoms with Crippen molar-refractivity contribution < 1.29 is 0 Å². The van der Waals surface area contributed by atoms with E-state index in [9.17, 15) is 0 Å². The second-order valence-corrected chi connectivity index (χ2v) is 6.92. The summed E-state index contributed by atoms with van der Waals surface area (Å²) in [5.41, 5.74) is 4.49. The maximum absolute atomic E-state index is 2.30. The Labute approximate surface area is 136 Å². The smallest absolute Gasteiger partial charge is 0.0122 e. The van der Waals surface area contributed by atoms with Crippen molar-refractivity contribution in [2.45, 2.75) is 28.6 Å². The van der Waals surface area contributed by atoms with Gasteiger partial charge in [-0.25, -0.2) is 0 Å². The van der Waals surface area contributed by atoms with E-state index < -0.39 is 0 Å². The summed E-state index contributed by atoms with van der Waals surface area (Å²) in [6.07, 6.45) is 2.45. The normalized spacial score (nSPS) is 16.5. The Morgan fingerprint density at radius 1 is 0.682 bits per heavy atom. The number of benzene rings is 3. The van der Waals surface area contributed by atoms with Crippen molar-refractivity contribution in [2.24, 2.45) is 0 Å². The number of fused-ring (bicyclic) bond motifs is 1. The molecule has 1 atom stereocenters. The van der Waals surface area contributed by atoms with Crippen molar-refractivity contribution in [2.75, 3.05) is 0 Å². The van der Waals surface area contributed by atoms with Crippen molar-refractivity contribution in [3.8, 4) is 0 Å². The highest BCUT2D eigenvalue weighted by Gasteiger charge is 2.23. The van der Waals surface area contributed by atoms with Crippen LogP contribution in [-0.2, 0) is 6.42 Å². The predicted octanol–water partition coefficient (Wildman–Crippen LogP) is 5.92. The molecule has 0 heterocycles. The molecule has 0 aromatic heterocycles. The lowest BCUT2D eigenvalue weighted by molar-refractivity contribution is 0.787. The van der Waals surface area contributed by atoms with Crippen LogP contribution in [0.2, 0.25) is 0 Å². The summed E-state index contributed by atoms with van der Waals surface area (Å²) in [6.45, 7) is 0. The average molecular weight is 302 g/mol. The molecular weight excluding hydrogens is 284 g/mol. The second kappa shape index (κ2) is 6.02. The van der Waals surface area contributed by atoms with Crippen LogP contribution in [0.4, 0.5) is 0 Å². The van der Waals surface area contributed by atoms with E-state index in [0.717, 1.165) is 0 Å². The van der Waals surface area contributed by atoms with Crippen molar-refractivity contribution in [3.05, 3.63) is 95.6 Å². The van der Waals surface area contributed by atoms with Gasteiger partial charge in [-0.05, 0) is 53.8 Å². The van der Waals surface area contributed by atoms with Crippen LogP contribution in [0.5, 0.6) is 0 Å². The zero-order chi connectivity index (χ0) is 14.8. The Morgan fingerprint density at radius 3 is 2.18 bits per heavy atom. The molecule has 3 aromatic carbocycles. The van der Waals surface area contributed by atoms with Crippen molar-refractivity contribution >= 4 is 11.8 Å². The quantitative estimate of drug-likeness (QED) is 0.579. The van der Waals surface area contributed by atoms with E-state index in [1.165, 1.54) is 39.3 Å². The van der Waals surface area contributed by atoms with Crippen LogP contribution in [0.15, 0.2) is 88.7 Å². The number of hydrogen-bond acceptors (Lipinski definition) is 1. The number of aryl methyl sites for hydroxylation is 1. The van der Waals surface area contributed by atoms with E-state index >= 15 is 0 Å². The Morgan fingerprint density at radius 2 is 1.36 bits per heavy atom. The highest BCUT2D eigenvalue weighted by Crippen LogP contribution is 2.38. The summed E-state index contributed by atoms with van der Waals surface area (Å²) >= 11 is 1.82. The minimum Gasteiger partial charge on any atom is -0.0901 e. The first-order chi connectivity index (χ1) is 10.9. The van der Waals surface area contributed by atoms with Crippen LogP contribution in [0.3, 0.4) is 0 Å². The van der Waals surface area contributed by atoms with E-state index in [2.05, 4.69) is 78.9 Å². The molecule has 4 rings (SSSR count). The molecule has 3 aromatic rings. The lowest BCUT2D eigenvalue weighted by Crippen LogP contribution is -1.95. The fourth-order valence-electron chi connectivity index (χ4n) is 3.30. The molecule has 0 bridgehead atoms. The molecule has 1 unspecified atom stereocenters. The minimum atomic E-state index is 0.576. The molecular formula is C21H18S. The summed E-state index contributed by atoms with van der Waals surface area (Å²) in [5, 5.41) is 0. The molecule has 22 heavy (non-hydrogen) atoms. The molecule has 0 aliphatic heterocycles. The van der Waals surface area contributed by atoms with E-state index in [0.29, 0.717) is 5.92 Å². The summed E-state index contributed by atoms with van der Waals surface area (Å²) in [4.78, 5) is 2.60. The van der Waals surface area contributed by atoms with Gasteiger partial charge in [-0.2, -0.15) is 0 Å². The molecule has 0 saturated heterocycles. The van der Waals surface area contributed by atoms with Gasteiger partial charge in [0.15, 0.2) is 0 Å². The monoisotopic (exact) mass is 302 g/mol. The first-order valence-electron chi connectivity index (χ1n) is 7.81. The van der Waals surface area contributed by atoms with Crippen LogP contribution in [0.25, 0.3) is 0 Å².